The summed E-state index contributed by atoms with van der Waals surface area (Å²) >= 11 is 12.1. The Morgan fingerprint density at radius 3 is 2.38 bits per heavy atom. The van der Waals surface area contributed by atoms with E-state index in [1.165, 1.54) is 0 Å². The first kappa shape index (κ1) is 14.4. The van der Waals surface area contributed by atoms with Gasteiger partial charge in [0.1, 0.15) is 0 Å². The third-order valence-corrected chi connectivity index (χ3v) is 4.30. The zero-order chi connectivity index (χ0) is 15.0. The average molecular weight is 321 g/mol. The van der Waals surface area contributed by atoms with Gasteiger partial charge in [0.25, 0.3) is 0 Å². The lowest BCUT2D eigenvalue weighted by molar-refractivity contribution is -0.119. The van der Waals surface area contributed by atoms with E-state index < -0.39 is 0 Å². The van der Waals surface area contributed by atoms with E-state index in [0.717, 1.165) is 16.7 Å². The summed E-state index contributed by atoms with van der Waals surface area (Å²) in [4.78, 5) is 11.4. The Morgan fingerprint density at radius 2 is 1.81 bits per heavy atom. The van der Waals surface area contributed by atoms with E-state index in [9.17, 15) is 4.79 Å². The second-order valence-corrected chi connectivity index (χ2v) is 6.23. The first-order valence-corrected chi connectivity index (χ1v) is 7.35. The molecular weight excluding hydrogens is 307 g/mol. The molecule has 21 heavy (non-hydrogen) atoms. The molecule has 1 amide bonds. The minimum Gasteiger partial charge on any atom is -0.291 e. The largest absolute Gasteiger partial charge is 0.291 e. The number of carbonyl (C=O) groups excluding carboxylic acids is 1. The topological polar surface area (TPSA) is 41.1 Å². The Balaban J connectivity index is 1.92. The van der Waals surface area contributed by atoms with Crippen LogP contribution in [0.2, 0.25) is 10.0 Å². The van der Waals surface area contributed by atoms with E-state index in [4.69, 9.17) is 23.2 Å². The first-order valence-electron chi connectivity index (χ1n) is 6.60. The zero-order valence-electron chi connectivity index (χ0n) is 11.4. The fraction of sp³-hybridized carbons (Fsp3) is 0.188. The van der Waals surface area contributed by atoms with Gasteiger partial charge < -0.3 is 0 Å². The van der Waals surface area contributed by atoms with Crippen molar-refractivity contribution >= 4 is 29.1 Å². The molecule has 0 saturated carbocycles. The van der Waals surface area contributed by atoms with Crippen LogP contribution in [0.25, 0.3) is 11.1 Å². The molecular formula is C16H14Cl2N2O. The highest BCUT2D eigenvalue weighted by atomic mass is 35.5. The molecule has 1 aliphatic heterocycles. The van der Waals surface area contributed by atoms with Crippen molar-refractivity contribution < 1.29 is 4.79 Å². The number of benzene rings is 2. The molecule has 1 saturated heterocycles. The lowest BCUT2D eigenvalue weighted by Crippen LogP contribution is -2.38. The van der Waals surface area contributed by atoms with Crippen molar-refractivity contribution in [2.45, 2.75) is 18.9 Å². The number of hydrogen-bond acceptors (Lipinski definition) is 2. The van der Waals surface area contributed by atoms with Crippen molar-refractivity contribution in [2.24, 2.45) is 0 Å². The van der Waals surface area contributed by atoms with Gasteiger partial charge in [0, 0.05) is 15.6 Å². The minimum atomic E-state index is -0.376. The van der Waals surface area contributed by atoms with Gasteiger partial charge in [0.05, 0.1) is 12.0 Å². The van der Waals surface area contributed by atoms with Crippen LogP contribution in [0.5, 0.6) is 0 Å². The number of rotatable bonds is 2. The van der Waals surface area contributed by atoms with Gasteiger partial charge in [-0.2, -0.15) is 0 Å². The van der Waals surface area contributed by atoms with Crippen molar-refractivity contribution in [1.29, 1.82) is 0 Å². The summed E-state index contributed by atoms with van der Waals surface area (Å²) in [7, 11) is 0. The van der Waals surface area contributed by atoms with Crippen LogP contribution in [0.3, 0.4) is 0 Å². The second kappa shape index (κ2) is 5.34. The molecule has 1 heterocycles. The number of nitrogens with one attached hydrogen (secondary N) is 2. The van der Waals surface area contributed by atoms with Gasteiger partial charge in [-0.15, -0.1) is 0 Å². The molecule has 1 aliphatic rings. The maximum absolute atomic E-state index is 11.4. The second-order valence-electron chi connectivity index (χ2n) is 5.38. The number of hydrogen-bond donors (Lipinski definition) is 2. The van der Waals surface area contributed by atoms with Crippen LogP contribution in [0, 0.1) is 0 Å². The van der Waals surface area contributed by atoms with Crippen molar-refractivity contribution in [3.8, 4) is 11.1 Å². The van der Waals surface area contributed by atoms with Crippen LogP contribution in [0.15, 0.2) is 42.5 Å². The molecule has 0 spiro atoms. The van der Waals surface area contributed by atoms with E-state index in [0.29, 0.717) is 16.5 Å². The van der Waals surface area contributed by atoms with Crippen LogP contribution < -0.4 is 10.9 Å². The Kier molecular flexibility index (Phi) is 3.66. The summed E-state index contributed by atoms with van der Waals surface area (Å²) in [5.74, 6) is 0.00215. The number of halogens is 2. The Hall–Kier alpha value is -1.55. The highest BCUT2D eigenvalue weighted by Crippen LogP contribution is 2.33. The fourth-order valence-electron chi connectivity index (χ4n) is 2.53. The monoisotopic (exact) mass is 320 g/mol. The van der Waals surface area contributed by atoms with E-state index in [2.05, 4.69) is 10.9 Å². The summed E-state index contributed by atoms with van der Waals surface area (Å²) in [5.41, 5.74) is 8.31. The van der Waals surface area contributed by atoms with Gasteiger partial charge in [-0.1, -0.05) is 53.5 Å². The SMILES string of the molecule is CC1(c2ccc(-c3ccc(Cl)cc3Cl)cc2)CC(=O)NN1. The van der Waals surface area contributed by atoms with Gasteiger partial charge in [0.15, 0.2) is 0 Å². The molecule has 0 aromatic heterocycles. The van der Waals surface area contributed by atoms with Gasteiger partial charge >= 0.3 is 0 Å². The summed E-state index contributed by atoms with van der Waals surface area (Å²) in [6.07, 6.45) is 0.425. The predicted octanol–water partition coefficient (Wildman–Crippen LogP) is 3.90. The minimum absolute atomic E-state index is 0.00215. The van der Waals surface area contributed by atoms with Crippen LogP contribution >= 0.6 is 23.2 Å². The molecule has 2 N–H and O–H groups in total. The van der Waals surface area contributed by atoms with E-state index >= 15 is 0 Å². The quantitative estimate of drug-likeness (QED) is 0.881. The summed E-state index contributed by atoms with van der Waals surface area (Å²) in [6, 6.07) is 13.5. The van der Waals surface area contributed by atoms with Crippen molar-refractivity contribution in [2.75, 3.05) is 0 Å². The van der Waals surface area contributed by atoms with Gasteiger partial charge in [-0.05, 0) is 30.2 Å². The van der Waals surface area contributed by atoms with Crippen LogP contribution in [-0.2, 0) is 10.3 Å². The maximum atomic E-state index is 11.4. The summed E-state index contributed by atoms with van der Waals surface area (Å²) in [5, 5.41) is 1.24. The van der Waals surface area contributed by atoms with E-state index in [-0.39, 0.29) is 11.4 Å². The normalized spacial score (nSPS) is 21.4. The lowest BCUT2D eigenvalue weighted by Gasteiger charge is -2.23. The van der Waals surface area contributed by atoms with Crippen molar-refractivity contribution in [3.05, 3.63) is 58.1 Å². The highest BCUT2D eigenvalue weighted by Gasteiger charge is 2.35. The van der Waals surface area contributed by atoms with Crippen LogP contribution in [0.1, 0.15) is 18.9 Å². The molecule has 5 heteroatoms. The average Bonchev–Trinajstić information content (AvgIpc) is 2.80. The molecule has 0 radical (unpaired) electrons. The Morgan fingerprint density at radius 1 is 1.10 bits per heavy atom. The molecule has 108 valence electrons. The van der Waals surface area contributed by atoms with Crippen molar-refractivity contribution in [3.63, 3.8) is 0 Å². The molecule has 3 rings (SSSR count). The van der Waals surface area contributed by atoms with Crippen LogP contribution in [0.4, 0.5) is 0 Å². The van der Waals surface area contributed by atoms with Crippen molar-refractivity contribution in [1.82, 2.24) is 10.9 Å². The predicted molar refractivity (Wildman–Crippen MR) is 85.1 cm³/mol. The maximum Gasteiger partial charge on any atom is 0.236 e. The first-order chi connectivity index (χ1) is 9.98. The number of amides is 1. The molecule has 0 aliphatic carbocycles. The summed E-state index contributed by atoms with van der Waals surface area (Å²) < 4.78 is 0. The third-order valence-electron chi connectivity index (χ3n) is 3.76. The molecule has 3 nitrogen and oxygen atoms in total. The van der Waals surface area contributed by atoms with Gasteiger partial charge in [-0.3, -0.25) is 10.2 Å². The molecule has 1 atom stereocenters. The van der Waals surface area contributed by atoms with Gasteiger partial charge in [0.2, 0.25) is 5.91 Å². The summed E-state index contributed by atoms with van der Waals surface area (Å²) in [6.45, 7) is 2.00. The molecule has 1 unspecified atom stereocenters. The van der Waals surface area contributed by atoms with Gasteiger partial charge in [-0.25, -0.2) is 5.43 Å². The zero-order valence-corrected chi connectivity index (χ0v) is 12.9. The molecule has 0 bridgehead atoms. The number of carbonyl (C=O) groups is 1. The number of hydrazine groups is 1. The smallest absolute Gasteiger partial charge is 0.236 e. The highest BCUT2D eigenvalue weighted by molar-refractivity contribution is 6.36. The lowest BCUT2D eigenvalue weighted by atomic mass is 9.89. The standard InChI is InChI=1S/C16H14Cl2N2O/c1-16(9-15(21)19-20-16)11-4-2-10(3-5-11)13-7-6-12(17)8-14(13)18/h2-8,20H,9H2,1H3,(H,19,21). The Bertz CT molecular complexity index is 700. The van der Waals surface area contributed by atoms with E-state index in [1.807, 2.05) is 43.3 Å². The molecule has 2 aromatic rings. The third kappa shape index (κ3) is 2.77. The fourth-order valence-corrected chi connectivity index (χ4v) is 3.05. The van der Waals surface area contributed by atoms with Crippen LogP contribution in [-0.4, -0.2) is 5.91 Å². The molecule has 1 fully saturated rings. The molecule has 2 aromatic carbocycles. The Labute approximate surface area is 133 Å². The van der Waals surface area contributed by atoms with E-state index in [1.54, 1.807) is 6.07 Å².